The van der Waals surface area contributed by atoms with Gasteiger partial charge in [-0.2, -0.15) is 0 Å². The van der Waals surface area contributed by atoms with E-state index in [1.54, 1.807) is 0 Å². The highest BCUT2D eigenvalue weighted by Gasteiger charge is 2.23. The molecule has 1 saturated heterocycles. The summed E-state index contributed by atoms with van der Waals surface area (Å²) in [6.07, 6.45) is 2.43. The smallest absolute Gasteiger partial charge is 0.0470 e. The van der Waals surface area contributed by atoms with E-state index in [2.05, 4.69) is 52.5 Å². The number of rotatable bonds is 5. The summed E-state index contributed by atoms with van der Waals surface area (Å²) >= 11 is 0. The molecule has 0 amide bonds. The van der Waals surface area contributed by atoms with Crippen molar-refractivity contribution in [2.75, 3.05) is 26.2 Å². The second-order valence-electron chi connectivity index (χ2n) is 6.04. The number of aromatic amines is 1. The molecule has 2 aromatic rings. The van der Waals surface area contributed by atoms with Crippen LogP contribution in [0.1, 0.15) is 31.5 Å². The van der Waals surface area contributed by atoms with E-state index in [0.29, 0.717) is 12.1 Å². The Morgan fingerprint density at radius 1 is 1.33 bits per heavy atom. The van der Waals surface area contributed by atoms with Crippen LogP contribution in [-0.2, 0) is 0 Å². The number of nitrogens with one attached hydrogen (secondary N) is 2. The van der Waals surface area contributed by atoms with E-state index in [0.717, 1.165) is 26.2 Å². The van der Waals surface area contributed by atoms with Gasteiger partial charge in [0.05, 0.1) is 0 Å². The second kappa shape index (κ2) is 6.60. The third-order valence-electron chi connectivity index (χ3n) is 4.66. The Hall–Kier alpha value is -1.36. The normalized spacial score (nSPS) is 19.1. The molecule has 0 bridgehead atoms. The molecule has 4 heteroatoms. The number of para-hydroxylation sites is 1. The van der Waals surface area contributed by atoms with Crippen LogP contribution in [0, 0.1) is 0 Å². The number of hydrogen-bond acceptors (Lipinski definition) is 3. The summed E-state index contributed by atoms with van der Waals surface area (Å²) < 4.78 is 0. The molecule has 1 aliphatic heterocycles. The summed E-state index contributed by atoms with van der Waals surface area (Å²) in [5.41, 5.74) is 8.12. The molecule has 2 heterocycles. The average molecular weight is 286 g/mol. The summed E-state index contributed by atoms with van der Waals surface area (Å²) in [4.78, 5) is 6.14. The van der Waals surface area contributed by atoms with Crippen molar-refractivity contribution in [1.29, 1.82) is 0 Å². The molecule has 114 valence electrons. The van der Waals surface area contributed by atoms with Gasteiger partial charge in [-0.15, -0.1) is 0 Å². The zero-order valence-corrected chi connectivity index (χ0v) is 12.8. The van der Waals surface area contributed by atoms with E-state index < -0.39 is 0 Å². The molecule has 1 aromatic carbocycles. The van der Waals surface area contributed by atoms with E-state index in [1.165, 1.54) is 29.4 Å². The fourth-order valence-electron chi connectivity index (χ4n) is 3.30. The first-order valence-electron chi connectivity index (χ1n) is 8.03. The monoisotopic (exact) mass is 286 g/mol. The molecule has 1 aromatic heterocycles. The van der Waals surface area contributed by atoms with Gasteiger partial charge in [-0.1, -0.05) is 18.2 Å². The number of nitrogens with zero attached hydrogens (tertiary/aromatic N) is 1. The third kappa shape index (κ3) is 3.28. The third-order valence-corrected chi connectivity index (χ3v) is 4.66. The van der Waals surface area contributed by atoms with Crippen molar-refractivity contribution in [1.82, 2.24) is 15.2 Å². The van der Waals surface area contributed by atoms with Gasteiger partial charge in [-0.3, -0.25) is 4.90 Å². The molecule has 3 rings (SSSR count). The Labute approximate surface area is 126 Å². The number of benzene rings is 1. The molecule has 4 N–H and O–H groups in total. The minimum Gasteiger partial charge on any atom is -0.357 e. The van der Waals surface area contributed by atoms with Crippen LogP contribution in [0.2, 0.25) is 0 Å². The lowest BCUT2D eigenvalue weighted by Crippen LogP contribution is -2.44. The SMILES string of the molecule is CC(c1cc2ccccc2[nH]1)N1CCC(NCCN)CC1. The molecule has 1 fully saturated rings. The molecular formula is C17H26N4. The molecule has 0 radical (unpaired) electrons. The van der Waals surface area contributed by atoms with Gasteiger partial charge in [0.2, 0.25) is 0 Å². The van der Waals surface area contributed by atoms with Gasteiger partial charge in [0.25, 0.3) is 0 Å². The predicted molar refractivity (Wildman–Crippen MR) is 88.4 cm³/mol. The minimum atomic E-state index is 0.452. The Bertz CT molecular complexity index is 536. The molecule has 0 saturated carbocycles. The molecule has 4 nitrogen and oxygen atoms in total. The summed E-state index contributed by atoms with van der Waals surface area (Å²) in [5.74, 6) is 0. The molecular weight excluding hydrogens is 260 g/mol. The Balaban J connectivity index is 1.62. The second-order valence-corrected chi connectivity index (χ2v) is 6.04. The van der Waals surface area contributed by atoms with Crippen LogP contribution in [0.3, 0.4) is 0 Å². The summed E-state index contributed by atoms with van der Waals surface area (Å²) in [7, 11) is 0. The number of likely N-dealkylation sites (tertiary alicyclic amines) is 1. The molecule has 1 unspecified atom stereocenters. The van der Waals surface area contributed by atoms with Gasteiger partial charge in [-0.05, 0) is 37.3 Å². The number of fused-ring (bicyclic) bond motifs is 1. The zero-order chi connectivity index (χ0) is 14.7. The van der Waals surface area contributed by atoms with Crippen molar-refractivity contribution in [3.05, 3.63) is 36.0 Å². The van der Waals surface area contributed by atoms with Crippen molar-refractivity contribution in [2.24, 2.45) is 5.73 Å². The highest BCUT2D eigenvalue weighted by Crippen LogP contribution is 2.26. The minimum absolute atomic E-state index is 0.452. The zero-order valence-electron chi connectivity index (χ0n) is 12.8. The number of nitrogens with two attached hydrogens (primary N) is 1. The molecule has 0 spiro atoms. The van der Waals surface area contributed by atoms with Gasteiger partial charge in [0, 0.05) is 49.5 Å². The van der Waals surface area contributed by atoms with Crippen LogP contribution in [0.4, 0.5) is 0 Å². The maximum Gasteiger partial charge on any atom is 0.0470 e. The lowest BCUT2D eigenvalue weighted by Gasteiger charge is -2.36. The first-order valence-corrected chi connectivity index (χ1v) is 8.03. The van der Waals surface area contributed by atoms with E-state index >= 15 is 0 Å². The maximum absolute atomic E-state index is 5.56. The Morgan fingerprint density at radius 2 is 2.10 bits per heavy atom. The highest BCUT2D eigenvalue weighted by atomic mass is 15.2. The molecule has 21 heavy (non-hydrogen) atoms. The first kappa shape index (κ1) is 14.6. The van der Waals surface area contributed by atoms with E-state index in [4.69, 9.17) is 5.73 Å². The molecule has 1 aliphatic rings. The molecule has 0 aliphatic carbocycles. The van der Waals surface area contributed by atoms with Crippen LogP contribution >= 0.6 is 0 Å². The quantitative estimate of drug-likeness (QED) is 0.790. The van der Waals surface area contributed by atoms with E-state index in [-0.39, 0.29) is 0 Å². The van der Waals surface area contributed by atoms with E-state index in [9.17, 15) is 0 Å². The summed E-state index contributed by atoms with van der Waals surface area (Å²) in [5, 5.41) is 4.84. The maximum atomic E-state index is 5.56. The van der Waals surface area contributed by atoms with Crippen molar-refractivity contribution < 1.29 is 0 Å². The van der Waals surface area contributed by atoms with Crippen LogP contribution in [0.15, 0.2) is 30.3 Å². The lowest BCUT2D eigenvalue weighted by molar-refractivity contribution is 0.151. The summed E-state index contributed by atoms with van der Waals surface area (Å²) in [6, 6.07) is 11.9. The van der Waals surface area contributed by atoms with E-state index in [1.807, 2.05) is 0 Å². The van der Waals surface area contributed by atoms with Crippen molar-refractivity contribution in [2.45, 2.75) is 31.8 Å². The van der Waals surface area contributed by atoms with Crippen LogP contribution in [-0.4, -0.2) is 42.1 Å². The topological polar surface area (TPSA) is 57.1 Å². The van der Waals surface area contributed by atoms with Gasteiger partial charge >= 0.3 is 0 Å². The average Bonchev–Trinajstić information content (AvgIpc) is 2.96. The fourth-order valence-corrected chi connectivity index (χ4v) is 3.30. The van der Waals surface area contributed by atoms with Gasteiger partial charge in [0.15, 0.2) is 0 Å². The first-order chi connectivity index (χ1) is 10.3. The standard InChI is InChI=1S/C17H26N4/c1-13(17-12-14-4-2-3-5-16(14)20-17)21-10-6-15(7-11-21)19-9-8-18/h2-5,12-13,15,19-20H,6-11,18H2,1H3. The van der Waals surface area contributed by atoms with Crippen LogP contribution in [0.5, 0.6) is 0 Å². The predicted octanol–water partition coefficient (Wildman–Crippen LogP) is 2.24. The van der Waals surface area contributed by atoms with Crippen LogP contribution < -0.4 is 11.1 Å². The number of aromatic nitrogens is 1. The van der Waals surface area contributed by atoms with Crippen molar-refractivity contribution >= 4 is 10.9 Å². The largest absolute Gasteiger partial charge is 0.357 e. The highest BCUT2D eigenvalue weighted by molar-refractivity contribution is 5.80. The summed E-state index contributed by atoms with van der Waals surface area (Å²) in [6.45, 7) is 6.27. The van der Waals surface area contributed by atoms with Gasteiger partial charge < -0.3 is 16.0 Å². The number of hydrogen-bond donors (Lipinski definition) is 3. The van der Waals surface area contributed by atoms with Gasteiger partial charge in [-0.25, -0.2) is 0 Å². The Kier molecular flexibility index (Phi) is 4.58. The molecule has 1 atom stereocenters. The fraction of sp³-hybridized carbons (Fsp3) is 0.529. The van der Waals surface area contributed by atoms with Crippen molar-refractivity contribution in [3.8, 4) is 0 Å². The number of piperidine rings is 1. The lowest BCUT2D eigenvalue weighted by atomic mass is 10.0. The van der Waals surface area contributed by atoms with Crippen LogP contribution in [0.25, 0.3) is 10.9 Å². The van der Waals surface area contributed by atoms with Crippen molar-refractivity contribution in [3.63, 3.8) is 0 Å². The Morgan fingerprint density at radius 3 is 2.81 bits per heavy atom. The van der Waals surface area contributed by atoms with Gasteiger partial charge in [0.1, 0.15) is 0 Å². The number of H-pyrrole nitrogens is 1.